The Morgan fingerprint density at radius 1 is 1.19 bits per heavy atom. The van der Waals surface area contributed by atoms with E-state index < -0.39 is 0 Å². The number of halogens is 2. The Morgan fingerprint density at radius 3 is 2.71 bits per heavy atom. The van der Waals surface area contributed by atoms with Crippen LogP contribution in [0.15, 0.2) is 36.7 Å². The van der Waals surface area contributed by atoms with E-state index in [-0.39, 0.29) is 22.9 Å². The van der Waals surface area contributed by atoms with Crippen LogP contribution in [0.5, 0.6) is 0 Å². The molecule has 1 aromatic heterocycles. The number of carbonyl (C=O) groups excluding carboxylic acids is 1. The minimum atomic E-state index is -0.110. The molecule has 7 heteroatoms. The van der Waals surface area contributed by atoms with E-state index in [1.54, 1.807) is 0 Å². The second-order valence-corrected chi connectivity index (χ2v) is 5.55. The molecule has 2 aromatic rings. The number of nitrogens with one attached hydrogen (secondary N) is 2. The highest BCUT2D eigenvalue weighted by atomic mass is 35.5. The lowest BCUT2D eigenvalue weighted by Gasteiger charge is -2.08. The third-order valence-electron chi connectivity index (χ3n) is 3.39. The van der Waals surface area contributed by atoms with Gasteiger partial charge in [0.15, 0.2) is 11.0 Å². The average Bonchev–Trinajstić information content (AvgIpc) is 3.27. The molecular formula is C14H12Cl2N4O. The second kappa shape index (κ2) is 5.87. The predicted molar refractivity (Wildman–Crippen MR) is 81.1 cm³/mol. The molecule has 0 spiro atoms. The van der Waals surface area contributed by atoms with Gasteiger partial charge in [0.1, 0.15) is 0 Å². The quantitative estimate of drug-likeness (QED) is 0.849. The zero-order valence-corrected chi connectivity index (χ0v) is 12.4. The van der Waals surface area contributed by atoms with Crippen LogP contribution >= 0.6 is 23.2 Å². The minimum Gasteiger partial charge on any atom is -0.279 e. The number of hydrogen-bond donors (Lipinski definition) is 2. The number of hydrogen-bond acceptors (Lipinski definition) is 4. The van der Waals surface area contributed by atoms with Crippen LogP contribution in [-0.2, 0) is 4.79 Å². The lowest BCUT2D eigenvalue weighted by atomic mass is 10.1. The summed E-state index contributed by atoms with van der Waals surface area (Å²) in [6.45, 7) is 0. The highest BCUT2D eigenvalue weighted by molar-refractivity contribution is 6.31. The third kappa shape index (κ3) is 3.09. The number of anilines is 1. The first-order valence-electron chi connectivity index (χ1n) is 6.43. The zero-order chi connectivity index (χ0) is 14.8. The number of hydrazine groups is 1. The van der Waals surface area contributed by atoms with Crippen LogP contribution in [-0.4, -0.2) is 15.9 Å². The largest absolute Gasteiger partial charge is 0.279 e. The molecule has 0 radical (unpaired) electrons. The van der Waals surface area contributed by atoms with E-state index in [4.69, 9.17) is 23.2 Å². The van der Waals surface area contributed by atoms with Crippen LogP contribution in [0, 0.1) is 5.92 Å². The minimum absolute atomic E-state index is 0.0900. The molecule has 108 valence electrons. The van der Waals surface area contributed by atoms with Crippen molar-refractivity contribution < 1.29 is 4.79 Å². The maximum absolute atomic E-state index is 12.1. The van der Waals surface area contributed by atoms with Gasteiger partial charge in [-0.2, -0.15) is 0 Å². The van der Waals surface area contributed by atoms with E-state index in [0.717, 1.165) is 12.0 Å². The molecule has 21 heavy (non-hydrogen) atoms. The first-order valence-corrected chi connectivity index (χ1v) is 7.19. The summed E-state index contributed by atoms with van der Waals surface area (Å²) in [7, 11) is 0. The zero-order valence-electron chi connectivity index (χ0n) is 10.9. The maximum atomic E-state index is 12.1. The van der Waals surface area contributed by atoms with E-state index in [1.165, 1.54) is 12.4 Å². The van der Waals surface area contributed by atoms with Crippen molar-refractivity contribution in [3.05, 3.63) is 52.4 Å². The van der Waals surface area contributed by atoms with Crippen molar-refractivity contribution in [1.82, 2.24) is 15.4 Å². The molecule has 2 N–H and O–H groups in total. The molecule has 1 saturated carbocycles. The highest BCUT2D eigenvalue weighted by Gasteiger charge is 2.44. The Labute approximate surface area is 131 Å². The molecule has 1 heterocycles. The molecular weight excluding hydrogens is 311 g/mol. The number of benzene rings is 1. The maximum Gasteiger partial charge on any atom is 0.242 e. The molecule has 5 nitrogen and oxygen atoms in total. The molecule has 0 unspecified atom stereocenters. The van der Waals surface area contributed by atoms with Crippen molar-refractivity contribution >= 4 is 34.9 Å². The van der Waals surface area contributed by atoms with Gasteiger partial charge >= 0.3 is 0 Å². The van der Waals surface area contributed by atoms with Crippen LogP contribution in [0.25, 0.3) is 0 Å². The van der Waals surface area contributed by atoms with Crippen molar-refractivity contribution in [2.24, 2.45) is 5.92 Å². The van der Waals surface area contributed by atoms with Gasteiger partial charge in [-0.1, -0.05) is 41.4 Å². The summed E-state index contributed by atoms with van der Waals surface area (Å²) in [6.07, 6.45) is 3.75. The van der Waals surface area contributed by atoms with Gasteiger partial charge in [0, 0.05) is 23.3 Å². The first-order chi connectivity index (χ1) is 10.2. The Morgan fingerprint density at radius 2 is 1.95 bits per heavy atom. The van der Waals surface area contributed by atoms with Gasteiger partial charge in [0.2, 0.25) is 5.91 Å². The number of carbonyl (C=O) groups is 1. The second-order valence-electron chi connectivity index (χ2n) is 4.78. The highest BCUT2D eigenvalue weighted by Crippen LogP contribution is 2.49. The van der Waals surface area contributed by atoms with E-state index in [9.17, 15) is 4.79 Å². The van der Waals surface area contributed by atoms with Crippen LogP contribution in [0.4, 0.5) is 5.82 Å². The van der Waals surface area contributed by atoms with E-state index >= 15 is 0 Å². The van der Waals surface area contributed by atoms with Gasteiger partial charge < -0.3 is 0 Å². The molecule has 1 aliphatic carbocycles. The van der Waals surface area contributed by atoms with Crippen LogP contribution < -0.4 is 10.9 Å². The van der Waals surface area contributed by atoms with Gasteiger partial charge in [-0.25, -0.2) is 9.97 Å². The summed E-state index contributed by atoms with van der Waals surface area (Å²) in [4.78, 5) is 19.9. The van der Waals surface area contributed by atoms with Gasteiger partial charge in [-0.05, 0) is 24.0 Å². The van der Waals surface area contributed by atoms with Gasteiger partial charge in [-0.3, -0.25) is 15.6 Å². The molecule has 0 aliphatic heterocycles. The summed E-state index contributed by atoms with van der Waals surface area (Å²) < 4.78 is 0. The normalized spacial score (nSPS) is 19.9. The van der Waals surface area contributed by atoms with Crippen molar-refractivity contribution in [3.63, 3.8) is 0 Å². The third-order valence-corrected chi connectivity index (χ3v) is 4.01. The summed E-state index contributed by atoms with van der Waals surface area (Å²) in [5.74, 6) is 0.287. The molecule has 1 aromatic carbocycles. The summed E-state index contributed by atoms with van der Waals surface area (Å²) in [5.41, 5.74) is 6.30. The predicted octanol–water partition coefficient (Wildman–Crippen LogP) is 3.03. The Balaban J connectivity index is 1.59. The Kier molecular flexibility index (Phi) is 3.94. The SMILES string of the molecule is O=C(NNc1nccnc1Cl)[C@@H]1C[C@@H]1c1ccccc1Cl. The molecule has 1 fully saturated rings. The van der Waals surface area contributed by atoms with Crippen LogP contribution in [0.3, 0.4) is 0 Å². The van der Waals surface area contributed by atoms with Gasteiger partial charge in [0.25, 0.3) is 0 Å². The molecule has 0 saturated heterocycles. The number of rotatable bonds is 4. The van der Waals surface area contributed by atoms with Crippen molar-refractivity contribution in [2.75, 3.05) is 5.43 Å². The van der Waals surface area contributed by atoms with Gasteiger partial charge in [-0.15, -0.1) is 0 Å². The van der Waals surface area contributed by atoms with Crippen molar-refractivity contribution in [2.45, 2.75) is 12.3 Å². The summed E-state index contributed by atoms with van der Waals surface area (Å²) >= 11 is 12.0. The topological polar surface area (TPSA) is 66.9 Å². The van der Waals surface area contributed by atoms with Gasteiger partial charge in [0.05, 0.1) is 0 Å². The molecule has 1 amide bonds. The van der Waals surface area contributed by atoms with Crippen molar-refractivity contribution in [1.29, 1.82) is 0 Å². The van der Waals surface area contributed by atoms with Crippen molar-refractivity contribution in [3.8, 4) is 0 Å². The monoisotopic (exact) mass is 322 g/mol. The molecule has 1 aliphatic rings. The Hall–Kier alpha value is -1.85. The Bertz CT molecular complexity index is 680. The molecule has 2 atom stereocenters. The lowest BCUT2D eigenvalue weighted by Crippen LogP contribution is -2.31. The van der Waals surface area contributed by atoms with Crippen LogP contribution in [0.1, 0.15) is 17.9 Å². The number of aromatic nitrogens is 2. The number of nitrogens with zero attached hydrogens (tertiary/aromatic N) is 2. The standard InChI is InChI=1S/C14H12Cl2N4O/c15-11-4-2-1-3-8(11)9-7-10(9)14(21)20-19-13-12(16)17-5-6-18-13/h1-6,9-10H,7H2,(H,18,19)(H,20,21)/t9-,10-/m1/s1. The average molecular weight is 323 g/mol. The molecule has 3 rings (SSSR count). The fraction of sp³-hybridized carbons (Fsp3) is 0.214. The summed E-state index contributed by atoms with van der Waals surface area (Å²) in [5, 5.41) is 0.902. The fourth-order valence-electron chi connectivity index (χ4n) is 2.22. The molecule has 0 bridgehead atoms. The smallest absolute Gasteiger partial charge is 0.242 e. The number of amides is 1. The lowest BCUT2D eigenvalue weighted by molar-refractivity contribution is -0.121. The first kappa shape index (κ1) is 14.1. The van der Waals surface area contributed by atoms with E-state index in [0.29, 0.717) is 10.8 Å². The van der Waals surface area contributed by atoms with E-state index in [2.05, 4.69) is 20.8 Å². The van der Waals surface area contributed by atoms with E-state index in [1.807, 2.05) is 24.3 Å². The fourth-order valence-corrected chi connectivity index (χ4v) is 2.65. The van der Waals surface area contributed by atoms with Crippen LogP contribution in [0.2, 0.25) is 10.2 Å². The summed E-state index contributed by atoms with van der Waals surface area (Å²) in [6, 6.07) is 7.59.